The van der Waals surface area contributed by atoms with Gasteiger partial charge in [-0.25, -0.2) is 9.97 Å². The molecule has 1 aromatic heterocycles. The molecule has 0 aliphatic heterocycles. The number of anilines is 1. The van der Waals surface area contributed by atoms with Gasteiger partial charge in [-0.2, -0.15) is 0 Å². The van der Waals surface area contributed by atoms with Crippen LogP contribution in [0.25, 0.3) is 0 Å². The van der Waals surface area contributed by atoms with E-state index in [2.05, 4.69) is 15.3 Å². The summed E-state index contributed by atoms with van der Waals surface area (Å²) < 4.78 is 0. The Bertz CT molecular complexity index is 607. The topological polar surface area (TPSA) is 81.0 Å². The fourth-order valence-electron chi connectivity index (χ4n) is 1.90. The monoisotopic (exact) mass is 292 g/mol. The normalized spacial score (nSPS) is 11.9. The van der Waals surface area contributed by atoms with E-state index in [9.17, 15) is 10.1 Å². The minimum atomic E-state index is -0.581. The van der Waals surface area contributed by atoms with Gasteiger partial charge in [0.1, 0.15) is 6.33 Å². The van der Waals surface area contributed by atoms with Crippen molar-refractivity contribution in [3.05, 3.63) is 57.5 Å². The second-order valence-electron chi connectivity index (χ2n) is 4.13. The first-order valence-electron chi connectivity index (χ1n) is 6.09. The Morgan fingerprint density at radius 2 is 2.05 bits per heavy atom. The molecule has 1 N–H and O–H groups in total. The number of aromatic nitrogens is 2. The molecule has 0 radical (unpaired) electrons. The van der Waals surface area contributed by atoms with Gasteiger partial charge in [0.25, 0.3) is 0 Å². The predicted octanol–water partition coefficient (Wildman–Crippen LogP) is 3.60. The maximum atomic E-state index is 11.1. The second-order valence-corrected chi connectivity index (χ2v) is 4.49. The van der Waals surface area contributed by atoms with Crippen molar-refractivity contribution < 1.29 is 4.92 Å². The minimum absolute atomic E-state index is 0.0825. The Kier molecular flexibility index (Phi) is 4.47. The summed E-state index contributed by atoms with van der Waals surface area (Å²) in [4.78, 5) is 18.0. The van der Waals surface area contributed by atoms with Crippen molar-refractivity contribution in [3.63, 3.8) is 0 Å². The van der Waals surface area contributed by atoms with E-state index in [0.29, 0.717) is 0 Å². The van der Waals surface area contributed by atoms with Gasteiger partial charge in [-0.3, -0.25) is 10.1 Å². The van der Waals surface area contributed by atoms with E-state index in [1.807, 2.05) is 37.3 Å². The van der Waals surface area contributed by atoms with Gasteiger partial charge in [-0.1, -0.05) is 48.9 Å². The van der Waals surface area contributed by atoms with Crippen LogP contribution in [0.15, 0.2) is 36.7 Å². The molecule has 0 spiro atoms. The maximum absolute atomic E-state index is 11.1. The number of halogens is 1. The zero-order valence-corrected chi connectivity index (χ0v) is 11.5. The third-order valence-electron chi connectivity index (χ3n) is 2.88. The Labute approximate surface area is 121 Å². The highest BCUT2D eigenvalue weighted by molar-refractivity contribution is 6.31. The number of hydrogen-bond acceptors (Lipinski definition) is 5. The lowest BCUT2D eigenvalue weighted by atomic mass is 10.0. The van der Waals surface area contributed by atoms with Crippen LogP contribution in [0.1, 0.15) is 24.9 Å². The van der Waals surface area contributed by atoms with Gasteiger partial charge in [0.05, 0.1) is 11.0 Å². The second kappa shape index (κ2) is 6.29. The van der Waals surface area contributed by atoms with Crippen molar-refractivity contribution in [2.45, 2.75) is 19.4 Å². The molecule has 104 valence electrons. The number of benzene rings is 1. The van der Waals surface area contributed by atoms with Gasteiger partial charge in [-0.05, 0) is 12.0 Å². The van der Waals surface area contributed by atoms with Gasteiger partial charge in [0, 0.05) is 0 Å². The van der Waals surface area contributed by atoms with Crippen LogP contribution in [0, 0.1) is 10.1 Å². The molecule has 2 rings (SSSR count). The minimum Gasteiger partial charge on any atom is -0.357 e. The molecule has 1 heterocycles. The summed E-state index contributed by atoms with van der Waals surface area (Å²) >= 11 is 5.76. The van der Waals surface area contributed by atoms with Crippen LogP contribution in [0.5, 0.6) is 0 Å². The molecule has 0 amide bonds. The lowest BCUT2D eigenvalue weighted by Crippen LogP contribution is -2.12. The Morgan fingerprint density at radius 1 is 1.35 bits per heavy atom. The first-order chi connectivity index (χ1) is 9.63. The molecule has 0 aliphatic carbocycles. The van der Waals surface area contributed by atoms with Crippen molar-refractivity contribution in [1.82, 2.24) is 9.97 Å². The maximum Gasteiger partial charge on any atom is 0.348 e. The molecule has 1 aromatic carbocycles. The van der Waals surface area contributed by atoms with Gasteiger partial charge in [0.15, 0.2) is 0 Å². The van der Waals surface area contributed by atoms with E-state index in [1.54, 1.807) is 0 Å². The molecular weight excluding hydrogens is 280 g/mol. The van der Waals surface area contributed by atoms with Crippen LogP contribution in [0.3, 0.4) is 0 Å². The van der Waals surface area contributed by atoms with E-state index in [4.69, 9.17) is 11.6 Å². The van der Waals surface area contributed by atoms with Crippen molar-refractivity contribution in [1.29, 1.82) is 0 Å². The number of nitrogens with zero attached hydrogens (tertiary/aromatic N) is 3. The third-order valence-corrected chi connectivity index (χ3v) is 3.16. The number of nitro groups is 1. The van der Waals surface area contributed by atoms with Crippen molar-refractivity contribution in [2.75, 3.05) is 5.32 Å². The van der Waals surface area contributed by atoms with E-state index in [1.165, 1.54) is 6.33 Å². The average Bonchev–Trinajstić information content (AvgIpc) is 2.45. The first kappa shape index (κ1) is 14.2. The van der Waals surface area contributed by atoms with E-state index in [-0.39, 0.29) is 22.7 Å². The molecule has 6 nitrogen and oxygen atoms in total. The summed E-state index contributed by atoms with van der Waals surface area (Å²) in [5.74, 6) is 0.130. The number of nitrogens with one attached hydrogen (secondary N) is 1. The summed E-state index contributed by atoms with van der Waals surface area (Å²) in [5, 5.41) is 13.9. The molecule has 2 aromatic rings. The van der Waals surface area contributed by atoms with Crippen LogP contribution in [0.2, 0.25) is 5.15 Å². The SMILES string of the molecule is CCC(Nc1ncnc(Cl)c1[N+](=O)[O-])c1ccccc1. The fraction of sp³-hybridized carbons (Fsp3) is 0.231. The van der Waals surface area contributed by atoms with Crippen molar-refractivity contribution in [3.8, 4) is 0 Å². The van der Waals surface area contributed by atoms with E-state index >= 15 is 0 Å². The van der Waals surface area contributed by atoms with Gasteiger partial charge >= 0.3 is 5.69 Å². The molecule has 0 bridgehead atoms. The average molecular weight is 293 g/mol. The highest BCUT2D eigenvalue weighted by Gasteiger charge is 2.23. The largest absolute Gasteiger partial charge is 0.357 e. The zero-order chi connectivity index (χ0) is 14.5. The van der Waals surface area contributed by atoms with Crippen LogP contribution < -0.4 is 5.32 Å². The Balaban J connectivity index is 2.33. The van der Waals surface area contributed by atoms with Gasteiger partial charge in [0.2, 0.25) is 11.0 Å². The molecule has 0 saturated carbocycles. The quantitative estimate of drug-likeness (QED) is 0.517. The van der Waals surface area contributed by atoms with Crippen LogP contribution in [-0.2, 0) is 0 Å². The van der Waals surface area contributed by atoms with E-state index in [0.717, 1.165) is 12.0 Å². The van der Waals surface area contributed by atoms with E-state index < -0.39 is 4.92 Å². The molecule has 7 heteroatoms. The highest BCUT2D eigenvalue weighted by atomic mass is 35.5. The Hall–Kier alpha value is -2.21. The zero-order valence-electron chi connectivity index (χ0n) is 10.8. The number of rotatable bonds is 5. The van der Waals surface area contributed by atoms with Crippen LogP contribution in [-0.4, -0.2) is 14.9 Å². The molecule has 0 aliphatic rings. The standard InChI is InChI=1S/C13H13ClN4O2/c1-2-10(9-6-4-3-5-7-9)17-13-11(18(19)20)12(14)15-8-16-13/h3-8,10H,2H2,1H3,(H,15,16,17). The van der Waals surface area contributed by atoms with Gasteiger partial charge in [-0.15, -0.1) is 0 Å². The summed E-state index contributed by atoms with van der Waals surface area (Å²) in [5.41, 5.74) is 0.725. The number of hydrogen-bond donors (Lipinski definition) is 1. The lowest BCUT2D eigenvalue weighted by Gasteiger charge is -2.17. The van der Waals surface area contributed by atoms with Crippen LogP contribution >= 0.6 is 11.6 Å². The molecular formula is C13H13ClN4O2. The third kappa shape index (κ3) is 3.03. The molecule has 0 fully saturated rings. The molecule has 0 saturated heterocycles. The molecule has 1 unspecified atom stereocenters. The summed E-state index contributed by atoms with van der Waals surface area (Å²) in [7, 11) is 0. The smallest absolute Gasteiger partial charge is 0.348 e. The summed E-state index contributed by atoms with van der Waals surface area (Å²) in [6, 6.07) is 9.58. The molecule has 20 heavy (non-hydrogen) atoms. The lowest BCUT2D eigenvalue weighted by molar-refractivity contribution is -0.384. The highest BCUT2D eigenvalue weighted by Crippen LogP contribution is 2.31. The van der Waals surface area contributed by atoms with Crippen molar-refractivity contribution in [2.24, 2.45) is 0 Å². The fourth-order valence-corrected chi connectivity index (χ4v) is 2.10. The van der Waals surface area contributed by atoms with Crippen molar-refractivity contribution >= 4 is 23.1 Å². The van der Waals surface area contributed by atoms with Crippen LogP contribution in [0.4, 0.5) is 11.5 Å². The molecule has 1 atom stereocenters. The first-order valence-corrected chi connectivity index (χ1v) is 6.47. The summed E-state index contributed by atoms with van der Waals surface area (Å²) in [6.45, 7) is 1.99. The Morgan fingerprint density at radius 3 is 2.65 bits per heavy atom. The predicted molar refractivity (Wildman–Crippen MR) is 76.8 cm³/mol. The summed E-state index contributed by atoms with van der Waals surface area (Å²) in [6.07, 6.45) is 1.96. The van der Waals surface area contributed by atoms with Gasteiger partial charge < -0.3 is 5.32 Å².